The van der Waals surface area contributed by atoms with Crippen LogP contribution in [0.2, 0.25) is 0 Å². The SMILES string of the molecule is N#Cc1ccc(C=CCCNC(=O)OCC2c3ccccc3-c3ccccc32)cc1[N+](=O)[O-]. The Morgan fingerprint density at radius 3 is 2.39 bits per heavy atom. The maximum atomic E-state index is 12.2. The number of nitriles is 1. The van der Waals surface area contributed by atoms with Crippen LogP contribution >= 0.6 is 0 Å². The first kappa shape index (κ1) is 21.8. The summed E-state index contributed by atoms with van der Waals surface area (Å²) < 4.78 is 5.49. The highest BCUT2D eigenvalue weighted by Gasteiger charge is 2.28. The third-order valence-corrected chi connectivity index (χ3v) is 5.57. The second-order valence-electron chi connectivity index (χ2n) is 7.59. The third kappa shape index (κ3) is 4.75. The van der Waals surface area contributed by atoms with Crippen molar-refractivity contribution in [2.45, 2.75) is 12.3 Å². The minimum Gasteiger partial charge on any atom is -0.449 e. The smallest absolute Gasteiger partial charge is 0.407 e. The van der Waals surface area contributed by atoms with Gasteiger partial charge in [-0.15, -0.1) is 0 Å². The van der Waals surface area contributed by atoms with Gasteiger partial charge in [-0.2, -0.15) is 5.26 Å². The number of carbonyl (C=O) groups excluding carboxylic acids is 1. The normalized spacial score (nSPS) is 12.1. The zero-order valence-corrected chi connectivity index (χ0v) is 17.7. The van der Waals surface area contributed by atoms with Crippen LogP contribution in [-0.2, 0) is 4.74 Å². The Labute approximate surface area is 191 Å². The number of nitrogens with one attached hydrogen (secondary N) is 1. The lowest BCUT2D eigenvalue weighted by molar-refractivity contribution is -0.385. The summed E-state index contributed by atoms with van der Waals surface area (Å²) in [6.07, 6.45) is 3.56. The van der Waals surface area contributed by atoms with E-state index in [1.807, 2.05) is 30.3 Å². The van der Waals surface area contributed by atoms with E-state index in [-0.39, 0.29) is 23.8 Å². The van der Waals surface area contributed by atoms with Gasteiger partial charge in [-0.1, -0.05) is 66.7 Å². The highest BCUT2D eigenvalue weighted by Crippen LogP contribution is 2.44. The monoisotopic (exact) mass is 439 g/mol. The first-order valence-corrected chi connectivity index (χ1v) is 10.5. The van der Waals surface area contributed by atoms with Crippen molar-refractivity contribution in [2.24, 2.45) is 0 Å². The maximum absolute atomic E-state index is 12.2. The fourth-order valence-electron chi connectivity index (χ4n) is 4.02. The van der Waals surface area contributed by atoms with Crippen LogP contribution in [0.5, 0.6) is 0 Å². The highest BCUT2D eigenvalue weighted by molar-refractivity contribution is 5.79. The molecule has 0 unspecified atom stereocenters. The number of hydrogen-bond acceptors (Lipinski definition) is 5. The summed E-state index contributed by atoms with van der Waals surface area (Å²) in [7, 11) is 0. The van der Waals surface area contributed by atoms with Crippen molar-refractivity contribution in [1.82, 2.24) is 5.32 Å². The molecule has 0 bridgehead atoms. The fourth-order valence-corrected chi connectivity index (χ4v) is 4.02. The number of nitro groups is 1. The van der Waals surface area contributed by atoms with Gasteiger partial charge < -0.3 is 10.1 Å². The average Bonchev–Trinajstić information content (AvgIpc) is 3.16. The molecule has 3 aromatic rings. The van der Waals surface area contributed by atoms with Gasteiger partial charge in [0.05, 0.1) is 4.92 Å². The molecule has 33 heavy (non-hydrogen) atoms. The summed E-state index contributed by atoms with van der Waals surface area (Å²) in [4.78, 5) is 22.7. The Hall–Kier alpha value is -4.44. The number of hydrogen-bond donors (Lipinski definition) is 1. The molecular formula is C26H21N3O4. The van der Waals surface area contributed by atoms with Crippen LogP contribution in [0, 0.1) is 21.4 Å². The Morgan fingerprint density at radius 2 is 1.76 bits per heavy atom. The number of fused-ring (bicyclic) bond motifs is 3. The van der Waals surface area contributed by atoms with Crippen LogP contribution in [-0.4, -0.2) is 24.2 Å². The van der Waals surface area contributed by atoms with Crippen molar-refractivity contribution >= 4 is 17.9 Å². The van der Waals surface area contributed by atoms with Gasteiger partial charge in [0.25, 0.3) is 5.69 Å². The number of ether oxygens (including phenoxy) is 1. The van der Waals surface area contributed by atoms with Crippen molar-refractivity contribution in [1.29, 1.82) is 5.26 Å². The number of carbonyl (C=O) groups is 1. The quantitative estimate of drug-likeness (QED) is 0.301. The van der Waals surface area contributed by atoms with Gasteiger partial charge in [-0.05, 0) is 40.3 Å². The summed E-state index contributed by atoms with van der Waals surface area (Å²) in [6.45, 7) is 0.621. The molecule has 0 heterocycles. The standard InChI is InChI=1S/C26H21N3O4/c27-16-19-13-12-18(15-25(19)29(31)32)7-5-6-14-28-26(30)33-17-24-22-10-3-1-8-20(22)21-9-2-4-11-23(21)24/h1-5,7-13,15,24H,6,14,17H2,(H,28,30). The fraction of sp³-hybridized carbons (Fsp3) is 0.154. The Bertz CT molecular complexity index is 1230. The first-order chi connectivity index (χ1) is 16.1. The van der Waals surface area contributed by atoms with E-state index < -0.39 is 11.0 Å². The summed E-state index contributed by atoms with van der Waals surface area (Å²) in [5.41, 5.74) is 5.08. The lowest BCUT2D eigenvalue weighted by atomic mass is 9.98. The molecular weight excluding hydrogens is 418 g/mol. The van der Waals surface area contributed by atoms with Crippen LogP contribution in [0.1, 0.15) is 34.6 Å². The number of alkyl carbamates (subject to hydrolysis) is 1. The summed E-state index contributed by atoms with van der Waals surface area (Å²) in [5, 5.41) is 22.7. The van der Waals surface area contributed by atoms with Gasteiger partial charge >= 0.3 is 6.09 Å². The molecule has 4 rings (SSSR count). The number of nitrogens with zero attached hydrogens (tertiary/aromatic N) is 2. The molecule has 0 aromatic heterocycles. The minimum absolute atomic E-state index is 0.00946. The number of rotatable bonds is 7. The average molecular weight is 439 g/mol. The number of benzene rings is 3. The lowest BCUT2D eigenvalue weighted by Gasteiger charge is -2.14. The molecule has 1 aliphatic carbocycles. The van der Waals surface area contributed by atoms with Crippen molar-refractivity contribution in [3.8, 4) is 17.2 Å². The molecule has 0 fully saturated rings. The van der Waals surface area contributed by atoms with E-state index in [2.05, 4.69) is 29.6 Å². The Morgan fingerprint density at radius 1 is 1.09 bits per heavy atom. The van der Waals surface area contributed by atoms with E-state index in [0.717, 1.165) is 11.1 Å². The largest absolute Gasteiger partial charge is 0.449 e. The van der Waals surface area contributed by atoms with Crippen LogP contribution in [0.25, 0.3) is 17.2 Å². The van der Waals surface area contributed by atoms with E-state index in [1.54, 1.807) is 18.2 Å². The Balaban J connectivity index is 1.28. The molecule has 164 valence electrons. The molecule has 0 saturated carbocycles. The second-order valence-corrected chi connectivity index (χ2v) is 7.59. The predicted molar refractivity (Wildman–Crippen MR) is 125 cm³/mol. The van der Waals surface area contributed by atoms with Gasteiger partial charge in [0.2, 0.25) is 0 Å². The van der Waals surface area contributed by atoms with Crippen molar-refractivity contribution in [2.75, 3.05) is 13.2 Å². The molecule has 1 N–H and O–H groups in total. The highest BCUT2D eigenvalue weighted by atomic mass is 16.6. The van der Waals surface area contributed by atoms with Gasteiger partial charge in [-0.25, -0.2) is 4.79 Å². The summed E-state index contributed by atoms with van der Waals surface area (Å²) >= 11 is 0. The first-order valence-electron chi connectivity index (χ1n) is 10.5. The molecule has 0 atom stereocenters. The van der Waals surface area contributed by atoms with Crippen LogP contribution in [0.15, 0.2) is 72.8 Å². The number of amides is 1. The summed E-state index contributed by atoms with van der Waals surface area (Å²) in [6, 6.07) is 22.5. The molecule has 0 aliphatic heterocycles. The van der Waals surface area contributed by atoms with Crippen LogP contribution in [0.3, 0.4) is 0 Å². The van der Waals surface area contributed by atoms with Crippen molar-refractivity contribution < 1.29 is 14.5 Å². The molecule has 1 amide bonds. The lowest BCUT2D eigenvalue weighted by Crippen LogP contribution is -2.26. The molecule has 7 nitrogen and oxygen atoms in total. The van der Waals surface area contributed by atoms with E-state index in [1.165, 1.54) is 23.3 Å². The topological polar surface area (TPSA) is 105 Å². The zero-order chi connectivity index (χ0) is 23.2. The van der Waals surface area contributed by atoms with E-state index in [4.69, 9.17) is 10.00 Å². The molecule has 1 aliphatic rings. The molecule has 3 aromatic carbocycles. The molecule has 7 heteroatoms. The minimum atomic E-state index is -0.575. The van der Waals surface area contributed by atoms with E-state index in [9.17, 15) is 14.9 Å². The number of nitro benzene ring substituents is 1. The Kier molecular flexibility index (Phi) is 6.46. The van der Waals surface area contributed by atoms with Crippen molar-refractivity contribution in [3.63, 3.8) is 0 Å². The van der Waals surface area contributed by atoms with Gasteiger partial charge in [0, 0.05) is 18.5 Å². The predicted octanol–water partition coefficient (Wildman–Crippen LogP) is 5.41. The van der Waals surface area contributed by atoms with Crippen LogP contribution in [0.4, 0.5) is 10.5 Å². The molecule has 0 spiro atoms. The third-order valence-electron chi connectivity index (χ3n) is 5.57. The van der Waals surface area contributed by atoms with Gasteiger partial charge in [0.15, 0.2) is 0 Å². The summed E-state index contributed by atoms with van der Waals surface area (Å²) in [5.74, 6) is 0.00946. The second kappa shape index (κ2) is 9.79. The van der Waals surface area contributed by atoms with Gasteiger partial charge in [-0.3, -0.25) is 10.1 Å². The molecule has 0 radical (unpaired) electrons. The van der Waals surface area contributed by atoms with Crippen LogP contribution < -0.4 is 5.32 Å². The van der Waals surface area contributed by atoms with Crippen molar-refractivity contribution in [3.05, 3.63) is 105 Å². The van der Waals surface area contributed by atoms with E-state index >= 15 is 0 Å². The molecule has 0 saturated heterocycles. The zero-order valence-electron chi connectivity index (χ0n) is 17.7. The van der Waals surface area contributed by atoms with E-state index in [0.29, 0.717) is 18.5 Å². The van der Waals surface area contributed by atoms with Gasteiger partial charge in [0.1, 0.15) is 18.2 Å². The maximum Gasteiger partial charge on any atom is 0.407 e.